The van der Waals surface area contributed by atoms with Crippen molar-refractivity contribution >= 4 is 22.3 Å². The Bertz CT molecular complexity index is 1030. The molecular formula is C18H16N4O3. The zero-order chi connectivity index (χ0) is 17.6. The van der Waals surface area contributed by atoms with Crippen LogP contribution in [-0.4, -0.2) is 20.9 Å². The number of aromatic amines is 1. The van der Waals surface area contributed by atoms with Crippen LogP contribution in [-0.2, 0) is 5.41 Å². The van der Waals surface area contributed by atoms with Gasteiger partial charge in [-0.15, -0.1) is 0 Å². The van der Waals surface area contributed by atoms with E-state index in [-0.39, 0.29) is 28.1 Å². The standard InChI is InChI=1S/C18H16N4O3/c1-18(11-5-3-2-4-6-11)9-16(18)21-14-8-13-12(7-15(14)22(24)25)17(23)20-10-19-13/h2-8,10,16,21H,9H2,1H3,(H,19,20,23)/t16-,18-/m1/s1. The average Bonchev–Trinajstić information content (AvgIpc) is 3.26. The molecule has 1 aliphatic carbocycles. The molecule has 2 atom stereocenters. The fourth-order valence-electron chi connectivity index (χ4n) is 3.27. The van der Waals surface area contributed by atoms with Crippen LogP contribution in [0.2, 0.25) is 0 Å². The maximum Gasteiger partial charge on any atom is 0.293 e. The van der Waals surface area contributed by atoms with Gasteiger partial charge in [0.2, 0.25) is 0 Å². The van der Waals surface area contributed by atoms with E-state index < -0.39 is 4.92 Å². The first kappa shape index (κ1) is 15.3. The quantitative estimate of drug-likeness (QED) is 0.563. The number of nitrogens with zero attached hydrogens (tertiary/aromatic N) is 2. The predicted octanol–water partition coefficient (Wildman–Crippen LogP) is 2.97. The van der Waals surface area contributed by atoms with Crippen LogP contribution in [0.25, 0.3) is 10.9 Å². The van der Waals surface area contributed by atoms with Gasteiger partial charge in [-0.25, -0.2) is 4.98 Å². The van der Waals surface area contributed by atoms with Crippen LogP contribution < -0.4 is 10.9 Å². The van der Waals surface area contributed by atoms with Crippen LogP contribution in [0, 0.1) is 10.1 Å². The third-order valence-corrected chi connectivity index (χ3v) is 4.95. The molecule has 2 N–H and O–H groups in total. The summed E-state index contributed by atoms with van der Waals surface area (Å²) in [5, 5.41) is 14.9. The minimum Gasteiger partial charge on any atom is -0.376 e. The van der Waals surface area contributed by atoms with E-state index in [1.165, 1.54) is 18.0 Å². The van der Waals surface area contributed by atoms with Crippen molar-refractivity contribution in [3.63, 3.8) is 0 Å². The number of hydrogen-bond acceptors (Lipinski definition) is 5. The largest absolute Gasteiger partial charge is 0.376 e. The molecule has 2 aromatic carbocycles. The van der Waals surface area contributed by atoms with E-state index in [0.717, 1.165) is 6.42 Å². The van der Waals surface area contributed by atoms with E-state index in [2.05, 4.69) is 34.3 Å². The van der Waals surface area contributed by atoms with Gasteiger partial charge in [0, 0.05) is 17.5 Å². The first-order chi connectivity index (χ1) is 12.0. The fraction of sp³-hybridized carbons (Fsp3) is 0.222. The van der Waals surface area contributed by atoms with E-state index in [0.29, 0.717) is 11.2 Å². The van der Waals surface area contributed by atoms with E-state index in [4.69, 9.17) is 0 Å². The maximum absolute atomic E-state index is 11.8. The molecule has 0 bridgehead atoms. The predicted molar refractivity (Wildman–Crippen MR) is 94.8 cm³/mol. The monoisotopic (exact) mass is 336 g/mol. The van der Waals surface area contributed by atoms with Crippen molar-refractivity contribution in [1.82, 2.24) is 9.97 Å². The number of hydrogen-bond donors (Lipinski definition) is 2. The summed E-state index contributed by atoms with van der Waals surface area (Å²) >= 11 is 0. The summed E-state index contributed by atoms with van der Waals surface area (Å²) in [6.45, 7) is 2.13. The molecule has 0 radical (unpaired) electrons. The molecule has 7 heteroatoms. The van der Waals surface area contributed by atoms with Gasteiger partial charge in [-0.1, -0.05) is 37.3 Å². The van der Waals surface area contributed by atoms with Crippen molar-refractivity contribution in [3.8, 4) is 0 Å². The van der Waals surface area contributed by atoms with Gasteiger partial charge in [-0.2, -0.15) is 0 Å². The van der Waals surface area contributed by atoms with Crippen molar-refractivity contribution in [2.75, 3.05) is 5.32 Å². The lowest BCUT2D eigenvalue weighted by Crippen LogP contribution is -2.16. The van der Waals surface area contributed by atoms with E-state index in [1.54, 1.807) is 6.07 Å². The molecule has 1 fully saturated rings. The van der Waals surface area contributed by atoms with Crippen molar-refractivity contribution in [3.05, 3.63) is 74.8 Å². The van der Waals surface area contributed by atoms with Gasteiger partial charge in [-0.3, -0.25) is 14.9 Å². The first-order valence-electron chi connectivity index (χ1n) is 7.97. The summed E-state index contributed by atoms with van der Waals surface area (Å²) in [6.07, 6.45) is 2.18. The Kier molecular flexibility index (Phi) is 3.31. The molecule has 0 amide bonds. The molecule has 0 aliphatic heterocycles. The summed E-state index contributed by atoms with van der Waals surface area (Å²) < 4.78 is 0. The Morgan fingerprint density at radius 3 is 2.80 bits per heavy atom. The lowest BCUT2D eigenvalue weighted by molar-refractivity contribution is -0.383. The van der Waals surface area contributed by atoms with Gasteiger partial charge in [0.25, 0.3) is 11.2 Å². The number of aromatic nitrogens is 2. The topological polar surface area (TPSA) is 101 Å². The number of rotatable bonds is 4. The molecule has 7 nitrogen and oxygen atoms in total. The van der Waals surface area contributed by atoms with Gasteiger partial charge in [0.15, 0.2) is 0 Å². The zero-order valence-corrected chi connectivity index (χ0v) is 13.5. The van der Waals surface area contributed by atoms with E-state index in [1.807, 2.05) is 18.2 Å². The highest BCUT2D eigenvalue weighted by Crippen LogP contribution is 2.50. The van der Waals surface area contributed by atoms with Crippen LogP contribution in [0.4, 0.5) is 11.4 Å². The van der Waals surface area contributed by atoms with E-state index in [9.17, 15) is 14.9 Å². The van der Waals surface area contributed by atoms with Gasteiger partial charge in [0.1, 0.15) is 5.69 Å². The van der Waals surface area contributed by atoms with E-state index >= 15 is 0 Å². The van der Waals surface area contributed by atoms with Crippen LogP contribution in [0.15, 0.2) is 53.6 Å². The highest BCUT2D eigenvalue weighted by atomic mass is 16.6. The van der Waals surface area contributed by atoms with Crippen molar-refractivity contribution < 1.29 is 4.92 Å². The number of nitro benzene ring substituents is 1. The summed E-state index contributed by atoms with van der Waals surface area (Å²) in [4.78, 5) is 29.4. The number of benzene rings is 2. The number of H-pyrrole nitrogens is 1. The number of nitro groups is 1. The Balaban J connectivity index is 1.72. The minimum absolute atomic E-state index is 0.0638. The van der Waals surface area contributed by atoms with Crippen LogP contribution in [0.5, 0.6) is 0 Å². The second kappa shape index (κ2) is 5.41. The third kappa shape index (κ3) is 2.53. The van der Waals surface area contributed by atoms with Crippen LogP contribution in [0.1, 0.15) is 18.9 Å². The maximum atomic E-state index is 11.8. The Morgan fingerprint density at radius 1 is 1.32 bits per heavy atom. The Morgan fingerprint density at radius 2 is 2.08 bits per heavy atom. The van der Waals surface area contributed by atoms with Gasteiger partial charge < -0.3 is 10.3 Å². The molecule has 0 saturated heterocycles. The summed E-state index contributed by atoms with van der Waals surface area (Å²) in [5.74, 6) is 0. The highest BCUT2D eigenvalue weighted by molar-refractivity contribution is 5.86. The molecule has 1 aromatic heterocycles. The molecule has 3 aromatic rings. The second-order valence-corrected chi connectivity index (χ2v) is 6.56. The van der Waals surface area contributed by atoms with Gasteiger partial charge in [0.05, 0.1) is 22.2 Å². The SMILES string of the molecule is C[C@]1(c2ccccc2)C[C@H]1Nc1cc2nc[nH]c(=O)c2cc1[N+](=O)[O-]. The van der Waals surface area contributed by atoms with Gasteiger partial charge in [-0.05, 0) is 18.1 Å². The number of nitrogens with one attached hydrogen (secondary N) is 2. The Labute approximate surface area is 142 Å². The molecule has 1 saturated carbocycles. The first-order valence-corrected chi connectivity index (χ1v) is 7.97. The van der Waals surface area contributed by atoms with Crippen molar-refractivity contribution in [2.45, 2.75) is 24.8 Å². The van der Waals surface area contributed by atoms with Gasteiger partial charge >= 0.3 is 0 Å². The number of fused-ring (bicyclic) bond motifs is 1. The van der Waals surface area contributed by atoms with Crippen LogP contribution in [0.3, 0.4) is 0 Å². The third-order valence-electron chi connectivity index (χ3n) is 4.95. The van der Waals surface area contributed by atoms with Crippen molar-refractivity contribution in [1.29, 1.82) is 0 Å². The molecular weight excluding hydrogens is 320 g/mol. The molecule has 25 heavy (non-hydrogen) atoms. The summed E-state index contributed by atoms with van der Waals surface area (Å²) in [7, 11) is 0. The highest BCUT2D eigenvalue weighted by Gasteiger charge is 2.51. The zero-order valence-electron chi connectivity index (χ0n) is 13.5. The fourth-order valence-corrected chi connectivity index (χ4v) is 3.27. The Hall–Kier alpha value is -3.22. The molecule has 0 unspecified atom stereocenters. The summed E-state index contributed by atoms with van der Waals surface area (Å²) in [6, 6.07) is 13.0. The second-order valence-electron chi connectivity index (χ2n) is 6.56. The smallest absolute Gasteiger partial charge is 0.293 e. The van der Waals surface area contributed by atoms with Crippen LogP contribution >= 0.6 is 0 Å². The number of anilines is 1. The molecule has 4 rings (SSSR count). The normalized spacial score (nSPS) is 21.9. The lowest BCUT2D eigenvalue weighted by atomic mass is 9.97. The lowest BCUT2D eigenvalue weighted by Gasteiger charge is -2.14. The molecule has 1 heterocycles. The summed E-state index contributed by atoms with van der Waals surface area (Å²) in [5.41, 5.74) is 1.45. The van der Waals surface area contributed by atoms with Crippen molar-refractivity contribution in [2.24, 2.45) is 0 Å². The average molecular weight is 336 g/mol. The molecule has 0 spiro atoms. The minimum atomic E-state index is -0.476. The molecule has 126 valence electrons. The molecule has 1 aliphatic rings.